The normalized spacial score (nSPS) is 19.2. The SMILES string of the molecule is Cc1nn(C[C@@H]2CCCO2)c(=O)c(C#N)c1C. The van der Waals surface area contributed by atoms with Crippen molar-refractivity contribution < 1.29 is 4.74 Å². The molecule has 1 aromatic heterocycles. The van der Waals surface area contributed by atoms with Gasteiger partial charge in [-0.1, -0.05) is 0 Å². The zero-order valence-corrected chi connectivity index (χ0v) is 10.1. The highest BCUT2D eigenvalue weighted by Crippen LogP contribution is 2.13. The largest absolute Gasteiger partial charge is 0.376 e. The molecule has 0 N–H and O–H groups in total. The first kappa shape index (κ1) is 11.8. The fourth-order valence-corrected chi connectivity index (χ4v) is 2.01. The first-order valence-corrected chi connectivity index (χ1v) is 5.73. The highest BCUT2D eigenvalue weighted by Gasteiger charge is 2.19. The predicted octanol–water partition coefficient (Wildman–Crippen LogP) is 0.911. The third-order valence-corrected chi connectivity index (χ3v) is 3.15. The molecular weight excluding hydrogens is 218 g/mol. The van der Waals surface area contributed by atoms with Gasteiger partial charge in [0.15, 0.2) is 0 Å². The highest BCUT2D eigenvalue weighted by molar-refractivity contribution is 5.36. The quantitative estimate of drug-likeness (QED) is 0.761. The molecular formula is C12H15N3O2. The maximum atomic E-state index is 12.0. The van der Waals surface area contributed by atoms with Gasteiger partial charge in [0.2, 0.25) is 0 Å². The lowest BCUT2D eigenvalue weighted by molar-refractivity contribution is 0.0925. The molecule has 5 nitrogen and oxygen atoms in total. The number of hydrogen-bond acceptors (Lipinski definition) is 4. The molecule has 1 fully saturated rings. The number of rotatable bonds is 2. The molecule has 1 aliphatic rings. The summed E-state index contributed by atoms with van der Waals surface area (Å²) in [5.74, 6) is 0. The van der Waals surface area contributed by atoms with E-state index in [1.54, 1.807) is 6.92 Å². The molecule has 0 unspecified atom stereocenters. The number of ether oxygens (including phenoxy) is 1. The number of aryl methyl sites for hydroxylation is 1. The Kier molecular flexibility index (Phi) is 3.25. The second-order valence-corrected chi connectivity index (χ2v) is 4.32. The molecule has 0 radical (unpaired) electrons. The van der Waals surface area contributed by atoms with E-state index in [-0.39, 0.29) is 17.2 Å². The molecule has 90 valence electrons. The van der Waals surface area contributed by atoms with Crippen molar-refractivity contribution in [2.75, 3.05) is 6.61 Å². The summed E-state index contributed by atoms with van der Waals surface area (Å²) < 4.78 is 6.83. The highest BCUT2D eigenvalue weighted by atomic mass is 16.5. The van der Waals surface area contributed by atoms with Crippen molar-refractivity contribution in [3.05, 3.63) is 27.2 Å². The third kappa shape index (κ3) is 2.22. The second-order valence-electron chi connectivity index (χ2n) is 4.32. The molecule has 17 heavy (non-hydrogen) atoms. The minimum atomic E-state index is -0.314. The number of nitriles is 1. The van der Waals surface area contributed by atoms with Crippen molar-refractivity contribution in [3.63, 3.8) is 0 Å². The summed E-state index contributed by atoms with van der Waals surface area (Å²) >= 11 is 0. The van der Waals surface area contributed by atoms with Crippen LogP contribution < -0.4 is 5.56 Å². The monoisotopic (exact) mass is 233 g/mol. The van der Waals surface area contributed by atoms with E-state index < -0.39 is 0 Å². The minimum absolute atomic E-state index is 0.0499. The maximum Gasteiger partial charge on any atom is 0.285 e. The standard InChI is InChI=1S/C12H15N3O2/c1-8-9(2)14-15(12(16)11(8)6-13)7-10-4-3-5-17-10/h10H,3-5,7H2,1-2H3/t10-/m0/s1. The van der Waals surface area contributed by atoms with E-state index in [1.165, 1.54) is 4.68 Å². The summed E-state index contributed by atoms with van der Waals surface area (Å²) in [5, 5.41) is 13.2. The zero-order chi connectivity index (χ0) is 12.4. The van der Waals surface area contributed by atoms with Crippen molar-refractivity contribution in [1.82, 2.24) is 9.78 Å². The first-order chi connectivity index (χ1) is 8.13. The van der Waals surface area contributed by atoms with Crippen LogP contribution in [-0.4, -0.2) is 22.5 Å². The smallest absolute Gasteiger partial charge is 0.285 e. The Morgan fingerprint density at radius 1 is 1.59 bits per heavy atom. The van der Waals surface area contributed by atoms with Gasteiger partial charge in [0.05, 0.1) is 18.3 Å². The number of hydrogen-bond donors (Lipinski definition) is 0. The van der Waals surface area contributed by atoms with Crippen LogP contribution in [0.3, 0.4) is 0 Å². The number of nitrogens with zero attached hydrogens (tertiary/aromatic N) is 3. The molecule has 0 spiro atoms. The van der Waals surface area contributed by atoms with Crippen LogP contribution in [0.25, 0.3) is 0 Å². The molecule has 0 saturated carbocycles. The summed E-state index contributed by atoms with van der Waals surface area (Å²) in [4.78, 5) is 12.0. The zero-order valence-electron chi connectivity index (χ0n) is 10.1. The van der Waals surface area contributed by atoms with Crippen molar-refractivity contribution in [2.45, 2.75) is 39.3 Å². The molecule has 0 bridgehead atoms. The molecule has 0 amide bonds. The van der Waals surface area contributed by atoms with Crippen LogP contribution in [0.15, 0.2) is 4.79 Å². The summed E-state index contributed by atoms with van der Waals surface area (Å²) in [7, 11) is 0. The molecule has 1 saturated heterocycles. The van der Waals surface area contributed by atoms with Crippen LogP contribution >= 0.6 is 0 Å². The summed E-state index contributed by atoms with van der Waals surface area (Å²) in [6.07, 6.45) is 2.02. The lowest BCUT2D eigenvalue weighted by Crippen LogP contribution is -2.31. The lowest BCUT2D eigenvalue weighted by atomic mass is 10.1. The van der Waals surface area contributed by atoms with Gasteiger partial charge in [-0.05, 0) is 32.3 Å². The van der Waals surface area contributed by atoms with E-state index in [2.05, 4.69) is 5.10 Å². The fraction of sp³-hybridized carbons (Fsp3) is 0.583. The average Bonchev–Trinajstić information content (AvgIpc) is 2.79. The molecule has 2 rings (SSSR count). The van der Waals surface area contributed by atoms with Crippen LogP contribution in [-0.2, 0) is 11.3 Å². The van der Waals surface area contributed by atoms with Gasteiger partial charge in [0.1, 0.15) is 11.6 Å². The van der Waals surface area contributed by atoms with Gasteiger partial charge < -0.3 is 4.74 Å². The van der Waals surface area contributed by atoms with Crippen LogP contribution in [0.2, 0.25) is 0 Å². The molecule has 5 heteroatoms. The first-order valence-electron chi connectivity index (χ1n) is 5.73. The van der Waals surface area contributed by atoms with Gasteiger partial charge in [-0.15, -0.1) is 0 Å². The maximum absolute atomic E-state index is 12.0. The Morgan fingerprint density at radius 3 is 2.94 bits per heavy atom. The molecule has 1 aliphatic heterocycles. The summed E-state index contributed by atoms with van der Waals surface area (Å²) in [6.45, 7) is 4.74. The molecule has 1 aromatic rings. The Hall–Kier alpha value is -1.67. The van der Waals surface area contributed by atoms with Crippen LogP contribution in [0.4, 0.5) is 0 Å². The second kappa shape index (κ2) is 4.68. The van der Waals surface area contributed by atoms with Crippen molar-refractivity contribution in [3.8, 4) is 6.07 Å². The van der Waals surface area contributed by atoms with E-state index in [1.807, 2.05) is 13.0 Å². The van der Waals surface area contributed by atoms with E-state index >= 15 is 0 Å². The van der Waals surface area contributed by atoms with Crippen molar-refractivity contribution in [1.29, 1.82) is 5.26 Å². The predicted molar refractivity (Wildman–Crippen MR) is 61.7 cm³/mol. The Morgan fingerprint density at radius 2 is 2.35 bits per heavy atom. The van der Waals surface area contributed by atoms with E-state index in [4.69, 9.17) is 10.00 Å². The van der Waals surface area contributed by atoms with E-state index in [0.717, 1.165) is 25.1 Å². The molecule has 0 aliphatic carbocycles. The summed E-state index contributed by atoms with van der Waals surface area (Å²) in [6, 6.07) is 1.96. The van der Waals surface area contributed by atoms with Crippen LogP contribution in [0.5, 0.6) is 0 Å². The van der Waals surface area contributed by atoms with Gasteiger partial charge in [-0.25, -0.2) is 4.68 Å². The van der Waals surface area contributed by atoms with E-state index in [9.17, 15) is 4.79 Å². The Labute approximate surface area is 99.6 Å². The molecule has 1 atom stereocenters. The number of aromatic nitrogens is 2. The van der Waals surface area contributed by atoms with Crippen molar-refractivity contribution >= 4 is 0 Å². The van der Waals surface area contributed by atoms with Gasteiger partial charge >= 0.3 is 0 Å². The Balaban J connectivity index is 2.38. The van der Waals surface area contributed by atoms with Gasteiger partial charge in [-0.3, -0.25) is 4.79 Å². The van der Waals surface area contributed by atoms with Gasteiger partial charge in [-0.2, -0.15) is 10.4 Å². The van der Waals surface area contributed by atoms with Crippen LogP contribution in [0.1, 0.15) is 29.7 Å². The summed E-state index contributed by atoms with van der Waals surface area (Å²) in [5.41, 5.74) is 1.27. The molecule has 2 heterocycles. The topological polar surface area (TPSA) is 67.9 Å². The minimum Gasteiger partial charge on any atom is -0.376 e. The van der Waals surface area contributed by atoms with Crippen LogP contribution in [0, 0.1) is 25.2 Å². The van der Waals surface area contributed by atoms with Gasteiger partial charge in [0, 0.05) is 6.61 Å². The average molecular weight is 233 g/mol. The van der Waals surface area contributed by atoms with Crippen molar-refractivity contribution in [2.24, 2.45) is 0 Å². The fourth-order valence-electron chi connectivity index (χ4n) is 2.01. The third-order valence-electron chi connectivity index (χ3n) is 3.15. The van der Waals surface area contributed by atoms with Gasteiger partial charge in [0.25, 0.3) is 5.56 Å². The molecule has 0 aromatic carbocycles. The van der Waals surface area contributed by atoms with E-state index in [0.29, 0.717) is 12.1 Å². The Bertz CT molecular complexity index is 522. The lowest BCUT2D eigenvalue weighted by Gasteiger charge is -2.12.